The average molecular weight is 259 g/mol. The van der Waals surface area contributed by atoms with Crippen LogP contribution in [0.3, 0.4) is 0 Å². The number of rotatable bonds is 2. The van der Waals surface area contributed by atoms with Gasteiger partial charge >= 0.3 is 12.1 Å². The summed E-state index contributed by atoms with van der Waals surface area (Å²) in [5.41, 5.74) is -0.616. The van der Waals surface area contributed by atoms with E-state index >= 15 is 0 Å². The predicted octanol–water partition coefficient (Wildman–Crippen LogP) is 0.777. The van der Waals surface area contributed by atoms with E-state index in [2.05, 4.69) is 4.74 Å². The highest BCUT2D eigenvalue weighted by Gasteiger charge is 2.41. The molecule has 1 saturated heterocycles. The molecule has 1 rings (SSSR count). The molecule has 1 aliphatic rings. The second-order valence-electron chi connectivity index (χ2n) is 5.46. The highest BCUT2D eigenvalue weighted by atomic mass is 16.6. The quantitative estimate of drug-likeness (QED) is 0.741. The molecule has 0 aliphatic carbocycles. The lowest BCUT2D eigenvalue weighted by Gasteiger charge is -2.27. The molecule has 104 valence electrons. The number of carbonyl (C=O) groups excluding carboxylic acids is 2. The van der Waals surface area contributed by atoms with Gasteiger partial charge < -0.3 is 14.6 Å². The lowest BCUT2D eigenvalue weighted by molar-refractivity contribution is -0.145. The highest BCUT2D eigenvalue weighted by Crippen LogP contribution is 2.25. The molecule has 0 aromatic heterocycles. The highest BCUT2D eigenvalue weighted by molar-refractivity contribution is 5.82. The zero-order chi connectivity index (χ0) is 13.9. The van der Waals surface area contributed by atoms with Crippen LogP contribution in [0.25, 0.3) is 0 Å². The number of nitrogens with zero attached hydrogens (tertiary/aromatic N) is 1. The second-order valence-corrected chi connectivity index (χ2v) is 5.46. The maximum atomic E-state index is 12.0. The molecule has 0 aromatic rings. The van der Waals surface area contributed by atoms with Crippen molar-refractivity contribution in [2.24, 2.45) is 5.92 Å². The smallest absolute Gasteiger partial charge is 0.411 e. The Kier molecular flexibility index (Phi) is 4.56. The van der Waals surface area contributed by atoms with Gasteiger partial charge in [0.05, 0.1) is 7.11 Å². The van der Waals surface area contributed by atoms with Crippen LogP contribution >= 0.6 is 0 Å². The van der Waals surface area contributed by atoms with Crippen molar-refractivity contribution in [2.75, 3.05) is 20.3 Å². The van der Waals surface area contributed by atoms with Gasteiger partial charge in [-0.1, -0.05) is 0 Å². The fraction of sp³-hybridized carbons (Fsp3) is 0.833. The molecule has 18 heavy (non-hydrogen) atoms. The zero-order valence-corrected chi connectivity index (χ0v) is 11.3. The first kappa shape index (κ1) is 14.8. The number of carbonyl (C=O) groups is 2. The minimum Gasteiger partial charge on any atom is -0.467 e. The van der Waals surface area contributed by atoms with Crippen molar-refractivity contribution in [1.29, 1.82) is 0 Å². The summed E-state index contributed by atoms with van der Waals surface area (Å²) in [6.45, 7) is 5.53. The first-order chi connectivity index (χ1) is 8.28. The Bertz CT molecular complexity index is 323. The second kappa shape index (κ2) is 5.56. The molecule has 0 aromatic carbocycles. The van der Waals surface area contributed by atoms with Crippen LogP contribution in [0.2, 0.25) is 0 Å². The Morgan fingerprint density at radius 2 is 2.00 bits per heavy atom. The number of ether oxygens (including phenoxy) is 2. The van der Waals surface area contributed by atoms with Crippen molar-refractivity contribution in [1.82, 2.24) is 4.90 Å². The average Bonchev–Trinajstić information content (AvgIpc) is 2.69. The number of likely N-dealkylation sites (tertiary alicyclic amines) is 1. The van der Waals surface area contributed by atoms with Crippen molar-refractivity contribution in [3.63, 3.8) is 0 Å². The molecule has 2 atom stereocenters. The summed E-state index contributed by atoms with van der Waals surface area (Å²) in [4.78, 5) is 24.9. The van der Waals surface area contributed by atoms with Crippen LogP contribution < -0.4 is 0 Å². The van der Waals surface area contributed by atoms with Gasteiger partial charge in [0.15, 0.2) is 0 Å². The van der Waals surface area contributed by atoms with Crippen molar-refractivity contribution in [3.8, 4) is 0 Å². The summed E-state index contributed by atoms with van der Waals surface area (Å²) in [7, 11) is 1.28. The third-order valence-electron chi connectivity index (χ3n) is 2.75. The van der Waals surface area contributed by atoms with Gasteiger partial charge in [0.2, 0.25) is 0 Å². The van der Waals surface area contributed by atoms with Crippen LogP contribution in [-0.4, -0.2) is 54.0 Å². The number of hydrogen-bond donors (Lipinski definition) is 1. The molecule has 1 amide bonds. The van der Waals surface area contributed by atoms with E-state index in [9.17, 15) is 9.59 Å². The normalized spacial score (nSPS) is 23.9. The number of amides is 1. The standard InChI is InChI=1S/C12H21NO5/c1-12(2,3)18-11(16)13-6-8(7-14)5-9(13)10(15)17-4/h8-9,14H,5-7H2,1-4H3/t8-,9+/m0/s1. The fourth-order valence-electron chi connectivity index (χ4n) is 1.94. The van der Waals surface area contributed by atoms with Gasteiger partial charge in [0, 0.05) is 19.1 Å². The van der Waals surface area contributed by atoms with E-state index in [1.165, 1.54) is 12.0 Å². The summed E-state index contributed by atoms with van der Waals surface area (Å²) in [5, 5.41) is 9.14. The number of aliphatic hydroxyl groups excluding tert-OH is 1. The largest absolute Gasteiger partial charge is 0.467 e. The van der Waals surface area contributed by atoms with Gasteiger partial charge in [-0.2, -0.15) is 0 Å². The van der Waals surface area contributed by atoms with Gasteiger partial charge in [-0.3, -0.25) is 4.90 Å². The van der Waals surface area contributed by atoms with E-state index in [0.29, 0.717) is 13.0 Å². The van der Waals surface area contributed by atoms with E-state index < -0.39 is 23.7 Å². The summed E-state index contributed by atoms with van der Waals surface area (Å²) in [6.07, 6.45) is -0.142. The third kappa shape index (κ3) is 3.60. The monoisotopic (exact) mass is 259 g/mol. The summed E-state index contributed by atoms with van der Waals surface area (Å²) in [6, 6.07) is -0.665. The number of hydrogen-bond acceptors (Lipinski definition) is 5. The molecular weight excluding hydrogens is 238 g/mol. The maximum Gasteiger partial charge on any atom is 0.411 e. The van der Waals surface area contributed by atoms with Gasteiger partial charge in [-0.05, 0) is 27.2 Å². The van der Waals surface area contributed by atoms with Gasteiger partial charge in [0.25, 0.3) is 0 Å². The topological polar surface area (TPSA) is 76.1 Å². The minimum absolute atomic E-state index is 0.0627. The van der Waals surface area contributed by atoms with Crippen LogP contribution in [-0.2, 0) is 14.3 Å². The molecule has 1 fully saturated rings. The molecule has 6 heteroatoms. The predicted molar refractivity (Wildman–Crippen MR) is 63.9 cm³/mol. The van der Waals surface area contributed by atoms with Gasteiger partial charge in [-0.25, -0.2) is 9.59 Å². The molecule has 1 heterocycles. The van der Waals surface area contributed by atoms with Crippen LogP contribution in [0.5, 0.6) is 0 Å². The molecule has 0 bridgehead atoms. The van der Waals surface area contributed by atoms with Crippen LogP contribution in [0.15, 0.2) is 0 Å². The molecule has 0 unspecified atom stereocenters. The minimum atomic E-state index is -0.665. The Balaban J connectivity index is 2.77. The van der Waals surface area contributed by atoms with Crippen LogP contribution in [0.4, 0.5) is 4.79 Å². The number of esters is 1. The van der Waals surface area contributed by atoms with E-state index in [0.717, 1.165) is 0 Å². The summed E-state index contributed by atoms with van der Waals surface area (Å²) in [5.74, 6) is -0.585. The lowest BCUT2D eigenvalue weighted by Crippen LogP contribution is -2.43. The van der Waals surface area contributed by atoms with Gasteiger partial charge in [-0.15, -0.1) is 0 Å². The molecule has 0 spiro atoms. The van der Waals surface area contributed by atoms with Crippen molar-refractivity contribution in [3.05, 3.63) is 0 Å². The number of aliphatic hydroxyl groups is 1. The Labute approximate surface area is 107 Å². The molecule has 0 radical (unpaired) electrons. The Hall–Kier alpha value is -1.30. The van der Waals surface area contributed by atoms with Crippen molar-refractivity contribution < 1.29 is 24.2 Å². The molecule has 1 N–H and O–H groups in total. The molecule has 1 aliphatic heterocycles. The molecular formula is C12H21NO5. The first-order valence-corrected chi connectivity index (χ1v) is 5.96. The molecule has 0 saturated carbocycles. The lowest BCUT2D eigenvalue weighted by atomic mass is 10.1. The number of methoxy groups -OCH3 is 1. The van der Waals surface area contributed by atoms with Crippen molar-refractivity contribution in [2.45, 2.75) is 38.8 Å². The van der Waals surface area contributed by atoms with Crippen LogP contribution in [0.1, 0.15) is 27.2 Å². The maximum absolute atomic E-state index is 12.0. The fourth-order valence-corrected chi connectivity index (χ4v) is 1.94. The molecule has 6 nitrogen and oxygen atoms in total. The van der Waals surface area contributed by atoms with E-state index in [1.807, 2.05) is 0 Å². The zero-order valence-electron chi connectivity index (χ0n) is 11.3. The summed E-state index contributed by atoms with van der Waals surface area (Å²) >= 11 is 0. The Morgan fingerprint density at radius 3 is 2.44 bits per heavy atom. The van der Waals surface area contributed by atoms with E-state index in [1.54, 1.807) is 20.8 Å². The van der Waals surface area contributed by atoms with Gasteiger partial charge in [0.1, 0.15) is 11.6 Å². The van der Waals surface area contributed by atoms with E-state index in [4.69, 9.17) is 9.84 Å². The van der Waals surface area contributed by atoms with E-state index in [-0.39, 0.29) is 12.5 Å². The third-order valence-corrected chi connectivity index (χ3v) is 2.75. The SMILES string of the molecule is COC(=O)[C@H]1C[C@H](CO)CN1C(=O)OC(C)(C)C. The summed E-state index contributed by atoms with van der Waals surface area (Å²) < 4.78 is 9.90. The first-order valence-electron chi connectivity index (χ1n) is 5.96. The van der Waals surface area contributed by atoms with Crippen molar-refractivity contribution >= 4 is 12.1 Å². The van der Waals surface area contributed by atoms with Crippen LogP contribution in [0, 0.1) is 5.92 Å². The Morgan fingerprint density at radius 1 is 1.39 bits per heavy atom.